The lowest BCUT2D eigenvalue weighted by atomic mass is 9.81. The number of fused-ring (bicyclic) bond motifs is 5. The van der Waals surface area contributed by atoms with E-state index in [1.165, 1.54) is 79.4 Å². The van der Waals surface area contributed by atoms with E-state index in [9.17, 15) is 9.90 Å². The third-order valence-electron chi connectivity index (χ3n) is 9.54. The van der Waals surface area contributed by atoms with Crippen molar-refractivity contribution in [2.24, 2.45) is 5.92 Å². The zero-order valence-electron chi connectivity index (χ0n) is 23.7. The summed E-state index contributed by atoms with van der Waals surface area (Å²) in [7, 11) is 1.78. The maximum Gasteiger partial charge on any atom is 0.335 e. The lowest BCUT2D eigenvalue weighted by molar-refractivity contribution is 0.0697. The summed E-state index contributed by atoms with van der Waals surface area (Å²) < 4.78 is 7.75. The molecule has 2 fully saturated rings. The minimum absolute atomic E-state index is 0.357. The van der Waals surface area contributed by atoms with Crippen molar-refractivity contribution in [1.82, 2.24) is 9.47 Å². The molecule has 214 valence electrons. The van der Waals surface area contributed by atoms with Gasteiger partial charge in [-0.25, -0.2) is 4.79 Å². The van der Waals surface area contributed by atoms with Crippen molar-refractivity contribution in [3.63, 3.8) is 0 Å². The molecule has 40 heavy (non-hydrogen) atoms. The summed E-state index contributed by atoms with van der Waals surface area (Å²) in [5.41, 5.74) is 6.56. The molecule has 3 heterocycles. The van der Waals surface area contributed by atoms with Crippen molar-refractivity contribution < 1.29 is 14.6 Å². The molecule has 6 nitrogen and oxygen atoms in total. The Labute approximate surface area is 242 Å². The molecule has 0 bridgehead atoms. The van der Waals surface area contributed by atoms with E-state index in [1.54, 1.807) is 13.2 Å². The normalized spacial score (nSPS) is 20.4. The highest BCUT2D eigenvalue weighted by Crippen LogP contribution is 2.48. The summed E-state index contributed by atoms with van der Waals surface area (Å²) in [6, 6.07) is 12.1. The molecule has 1 aromatic heterocycles. The topological polar surface area (TPSA) is 57.9 Å². The van der Waals surface area contributed by atoms with Gasteiger partial charge in [0, 0.05) is 67.0 Å². The van der Waals surface area contributed by atoms with Gasteiger partial charge in [-0.15, -0.1) is 0 Å². The van der Waals surface area contributed by atoms with Gasteiger partial charge in [-0.2, -0.15) is 0 Å². The Morgan fingerprint density at radius 2 is 1.85 bits per heavy atom. The monoisotopic (exact) mass is 563 g/mol. The zero-order valence-corrected chi connectivity index (χ0v) is 24.5. The minimum Gasteiger partial charge on any atom is -0.478 e. The number of methoxy groups -OCH3 is 1. The first-order valence-corrected chi connectivity index (χ1v) is 15.6. The molecule has 7 heteroatoms. The molecule has 1 unspecified atom stereocenters. The van der Waals surface area contributed by atoms with Gasteiger partial charge in [0.05, 0.1) is 17.9 Å². The molecule has 3 aromatic rings. The average Bonchev–Trinajstić information content (AvgIpc) is 3.21. The number of carbonyl (C=O) groups is 1. The number of hydrogen-bond donors (Lipinski definition) is 1. The Kier molecular flexibility index (Phi) is 8.38. The summed E-state index contributed by atoms with van der Waals surface area (Å²) in [5, 5.41) is 11.8. The highest BCUT2D eigenvalue weighted by molar-refractivity contribution is 6.31. The van der Waals surface area contributed by atoms with Crippen LogP contribution in [0.25, 0.3) is 22.2 Å². The largest absolute Gasteiger partial charge is 0.478 e. The first-order chi connectivity index (χ1) is 19.5. The second-order valence-electron chi connectivity index (χ2n) is 12.0. The van der Waals surface area contributed by atoms with Crippen molar-refractivity contribution in [1.29, 1.82) is 0 Å². The molecule has 1 saturated heterocycles. The lowest BCUT2D eigenvalue weighted by Gasteiger charge is -2.34. The van der Waals surface area contributed by atoms with E-state index in [-0.39, 0.29) is 0 Å². The van der Waals surface area contributed by atoms with Crippen LogP contribution in [0.2, 0.25) is 5.02 Å². The number of rotatable bonds is 8. The van der Waals surface area contributed by atoms with Crippen LogP contribution in [0.1, 0.15) is 73.2 Å². The minimum atomic E-state index is -0.869. The second-order valence-corrected chi connectivity index (χ2v) is 12.5. The smallest absolute Gasteiger partial charge is 0.335 e. The van der Waals surface area contributed by atoms with Crippen LogP contribution in [0, 0.1) is 5.92 Å². The summed E-state index contributed by atoms with van der Waals surface area (Å²) in [5.74, 6) is 0.317. The van der Waals surface area contributed by atoms with Gasteiger partial charge < -0.3 is 24.2 Å². The number of piperidine rings is 1. The maximum absolute atomic E-state index is 12.0. The zero-order chi connectivity index (χ0) is 27.6. The fraction of sp³-hybridized carbons (Fsp3) is 0.545. The molecule has 0 radical (unpaired) electrons. The van der Waals surface area contributed by atoms with Crippen LogP contribution >= 0.6 is 11.6 Å². The lowest BCUT2D eigenvalue weighted by Crippen LogP contribution is -2.39. The number of hydrogen-bond acceptors (Lipinski definition) is 4. The molecular weight excluding hydrogens is 522 g/mol. The fourth-order valence-electron chi connectivity index (χ4n) is 7.53. The number of halogens is 1. The van der Waals surface area contributed by atoms with Crippen LogP contribution in [-0.2, 0) is 11.3 Å². The van der Waals surface area contributed by atoms with Crippen molar-refractivity contribution in [2.45, 2.75) is 63.8 Å². The Morgan fingerprint density at radius 1 is 1.00 bits per heavy atom. The Morgan fingerprint density at radius 3 is 2.65 bits per heavy atom. The molecule has 1 saturated carbocycles. The molecule has 0 amide bonds. The third-order valence-corrected chi connectivity index (χ3v) is 9.77. The van der Waals surface area contributed by atoms with E-state index in [4.69, 9.17) is 16.3 Å². The van der Waals surface area contributed by atoms with Crippen LogP contribution in [0.5, 0.6) is 0 Å². The summed E-state index contributed by atoms with van der Waals surface area (Å²) in [6.07, 6.45) is 9.90. The van der Waals surface area contributed by atoms with Crippen LogP contribution in [0.15, 0.2) is 36.4 Å². The van der Waals surface area contributed by atoms with Crippen LogP contribution in [-0.4, -0.2) is 67.0 Å². The second kappa shape index (κ2) is 12.1. The van der Waals surface area contributed by atoms with Gasteiger partial charge in [0.15, 0.2) is 0 Å². The number of likely N-dealkylation sites (tertiary alicyclic amines) is 1. The van der Waals surface area contributed by atoms with Crippen molar-refractivity contribution in [3.05, 3.63) is 52.5 Å². The molecule has 2 aromatic carbocycles. The molecule has 0 spiro atoms. The fourth-order valence-corrected chi connectivity index (χ4v) is 7.69. The third kappa shape index (κ3) is 5.50. The predicted molar refractivity (Wildman–Crippen MR) is 163 cm³/mol. The summed E-state index contributed by atoms with van der Waals surface area (Å²) >= 11 is 6.64. The number of aromatic carboxylic acids is 1. The van der Waals surface area contributed by atoms with E-state index >= 15 is 0 Å². The number of anilines is 1. The van der Waals surface area contributed by atoms with Gasteiger partial charge in [0.25, 0.3) is 0 Å². The summed E-state index contributed by atoms with van der Waals surface area (Å²) in [6.45, 7) is 6.84. The number of nitrogens with zero attached hydrogens (tertiary/aromatic N) is 3. The predicted octanol–water partition coefficient (Wildman–Crippen LogP) is 7.28. The number of carboxylic acids is 1. The first kappa shape index (κ1) is 27.6. The van der Waals surface area contributed by atoms with E-state index in [0.29, 0.717) is 17.4 Å². The van der Waals surface area contributed by atoms with Crippen LogP contribution in [0.3, 0.4) is 0 Å². The molecular formula is C33H42ClN3O3. The Bertz CT molecular complexity index is 1360. The van der Waals surface area contributed by atoms with Gasteiger partial charge in [-0.3, -0.25) is 0 Å². The number of ether oxygens (including phenoxy) is 1. The highest BCUT2D eigenvalue weighted by atomic mass is 35.5. The number of benzene rings is 2. The molecule has 6 rings (SSSR count). The number of carboxylic acid groups (broad SMARTS) is 1. The van der Waals surface area contributed by atoms with E-state index in [1.807, 2.05) is 12.1 Å². The summed E-state index contributed by atoms with van der Waals surface area (Å²) in [4.78, 5) is 17.0. The molecule has 1 aliphatic carbocycles. The Balaban J connectivity index is 1.37. The van der Waals surface area contributed by atoms with Crippen molar-refractivity contribution >= 4 is 34.2 Å². The van der Waals surface area contributed by atoms with E-state index in [0.717, 1.165) is 56.3 Å². The SMILES string of the molecule is COCCN1CCCC(CCN2CCn3c(c(C4CCCCC4)c4ccc(C(=O)O)cc43)-c3ccc(Cl)cc32)C1. The first-order valence-electron chi connectivity index (χ1n) is 15.2. The Hall–Kier alpha value is -2.54. The number of aromatic nitrogens is 1. The quantitative estimate of drug-likeness (QED) is 0.312. The van der Waals surface area contributed by atoms with E-state index in [2.05, 4.69) is 32.6 Å². The van der Waals surface area contributed by atoms with Gasteiger partial charge in [0.2, 0.25) is 0 Å². The van der Waals surface area contributed by atoms with Crippen LogP contribution in [0.4, 0.5) is 5.69 Å². The van der Waals surface area contributed by atoms with Crippen molar-refractivity contribution in [3.8, 4) is 11.3 Å². The van der Waals surface area contributed by atoms with Gasteiger partial charge in [0.1, 0.15) is 0 Å². The molecule has 1 atom stereocenters. The molecule has 3 aliphatic rings. The maximum atomic E-state index is 12.0. The van der Waals surface area contributed by atoms with E-state index < -0.39 is 5.97 Å². The highest BCUT2D eigenvalue weighted by Gasteiger charge is 2.31. The standard InChI is InChI=1S/C33H42ClN3O3/c1-40-19-18-35-14-5-6-23(22-35)13-15-36-16-17-37-30-20-25(33(38)39)9-11-27(30)31(24-7-3-2-4-8-24)32(37)28-12-10-26(34)21-29(28)36/h9-12,20-21,23-24H,2-8,13-19,22H2,1H3,(H,38,39). The van der Waals surface area contributed by atoms with Gasteiger partial charge in [-0.1, -0.05) is 36.9 Å². The van der Waals surface area contributed by atoms with Crippen LogP contribution < -0.4 is 4.90 Å². The van der Waals surface area contributed by atoms with Gasteiger partial charge in [-0.05, 0) is 86.4 Å². The average molecular weight is 564 g/mol. The van der Waals surface area contributed by atoms with Gasteiger partial charge >= 0.3 is 5.97 Å². The van der Waals surface area contributed by atoms with Crippen molar-refractivity contribution in [2.75, 3.05) is 51.3 Å². The molecule has 1 N–H and O–H groups in total. The molecule has 2 aliphatic heterocycles.